The summed E-state index contributed by atoms with van der Waals surface area (Å²) >= 11 is 1.84. The number of rotatable bonds is 7. The van der Waals surface area contributed by atoms with Crippen molar-refractivity contribution < 1.29 is 0 Å². The zero-order valence-corrected chi connectivity index (χ0v) is 16.7. The molecule has 0 saturated carbocycles. The van der Waals surface area contributed by atoms with Crippen LogP contribution in [0.5, 0.6) is 0 Å². The van der Waals surface area contributed by atoms with Crippen LogP contribution in [0.15, 0.2) is 40.2 Å². The first-order valence-electron chi connectivity index (χ1n) is 8.65. The molecule has 0 aliphatic carbocycles. The van der Waals surface area contributed by atoms with E-state index in [1.54, 1.807) is 0 Å². The average molecular weight is 360 g/mol. The van der Waals surface area contributed by atoms with E-state index in [0.717, 1.165) is 30.4 Å². The van der Waals surface area contributed by atoms with Gasteiger partial charge in [-0.05, 0) is 44.9 Å². The van der Waals surface area contributed by atoms with Crippen molar-refractivity contribution in [3.63, 3.8) is 0 Å². The maximum atomic E-state index is 4.49. The van der Waals surface area contributed by atoms with Crippen molar-refractivity contribution in [2.45, 2.75) is 38.1 Å². The number of hydrogen-bond donors (Lipinski definition) is 2. The Balaban J connectivity index is 1.77. The molecule has 136 valence electrons. The van der Waals surface area contributed by atoms with Gasteiger partial charge in [-0.15, -0.1) is 11.8 Å². The van der Waals surface area contributed by atoms with Gasteiger partial charge in [-0.25, -0.2) is 0 Å². The van der Waals surface area contributed by atoms with Crippen LogP contribution >= 0.6 is 11.8 Å². The molecule has 0 saturated heterocycles. The van der Waals surface area contributed by atoms with Gasteiger partial charge in [-0.1, -0.05) is 18.2 Å². The third-order valence-electron chi connectivity index (χ3n) is 4.18. The fourth-order valence-electron chi connectivity index (χ4n) is 2.75. The van der Waals surface area contributed by atoms with E-state index in [0.29, 0.717) is 0 Å². The highest BCUT2D eigenvalue weighted by molar-refractivity contribution is 7.99. The molecule has 2 N–H and O–H groups in total. The Morgan fingerprint density at radius 3 is 2.60 bits per heavy atom. The predicted octanol–water partition coefficient (Wildman–Crippen LogP) is 2.93. The largest absolute Gasteiger partial charge is 0.356 e. The van der Waals surface area contributed by atoms with E-state index in [1.807, 2.05) is 36.6 Å². The normalized spacial score (nSPS) is 12.9. The Hall–Kier alpha value is -1.95. The highest BCUT2D eigenvalue weighted by Crippen LogP contribution is 2.16. The quantitative estimate of drug-likeness (QED) is 0.345. The molecule has 0 bridgehead atoms. The molecule has 6 heteroatoms. The SMILES string of the molecule is CN=C(NCCSc1ccccc1)NC(C)Cc1c(C)nn(C)c1C. The second-order valence-corrected chi connectivity index (χ2v) is 7.35. The van der Waals surface area contributed by atoms with Crippen LogP contribution in [-0.2, 0) is 13.5 Å². The molecule has 25 heavy (non-hydrogen) atoms. The number of aromatic nitrogens is 2. The number of hydrogen-bond acceptors (Lipinski definition) is 3. The summed E-state index contributed by atoms with van der Waals surface area (Å²) in [6.07, 6.45) is 0.935. The van der Waals surface area contributed by atoms with Crippen LogP contribution in [0.3, 0.4) is 0 Å². The van der Waals surface area contributed by atoms with Crippen LogP contribution < -0.4 is 10.6 Å². The van der Waals surface area contributed by atoms with Crippen LogP contribution in [0.25, 0.3) is 0 Å². The van der Waals surface area contributed by atoms with Gasteiger partial charge in [0.2, 0.25) is 0 Å². The Labute approximate surface area is 155 Å². The fraction of sp³-hybridized carbons (Fsp3) is 0.474. The molecule has 2 aromatic rings. The summed E-state index contributed by atoms with van der Waals surface area (Å²) in [6, 6.07) is 10.7. The monoisotopic (exact) mass is 359 g/mol. The minimum atomic E-state index is 0.287. The lowest BCUT2D eigenvalue weighted by atomic mass is 10.1. The summed E-state index contributed by atoms with van der Waals surface area (Å²) in [5, 5.41) is 11.4. The van der Waals surface area contributed by atoms with Gasteiger partial charge in [0.25, 0.3) is 0 Å². The summed E-state index contributed by atoms with van der Waals surface area (Å²) in [7, 11) is 3.81. The van der Waals surface area contributed by atoms with Gasteiger partial charge < -0.3 is 10.6 Å². The van der Waals surface area contributed by atoms with Gasteiger partial charge in [0, 0.05) is 43.0 Å². The molecule has 0 aliphatic heterocycles. The number of aryl methyl sites for hydroxylation is 2. The molecule has 0 fully saturated rings. The molecule has 1 atom stereocenters. The summed E-state index contributed by atoms with van der Waals surface area (Å²) in [6.45, 7) is 7.24. The highest BCUT2D eigenvalue weighted by Gasteiger charge is 2.13. The zero-order valence-electron chi connectivity index (χ0n) is 15.8. The first-order valence-corrected chi connectivity index (χ1v) is 9.64. The predicted molar refractivity (Wildman–Crippen MR) is 108 cm³/mol. The van der Waals surface area contributed by atoms with Crippen LogP contribution in [-0.4, -0.2) is 41.1 Å². The molecule has 1 heterocycles. The second-order valence-electron chi connectivity index (χ2n) is 6.18. The fourth-order valence-corrected chi connectivity index (χ4v) is 3.54. The van der Waals surface area contributed by atoms with Crippen LogP contribution in [0.2, 0.25) is 0 Å². The summed E-state index contributed by atoms with van der Waals surface area (Å²) in [4.78, 5) is 5.62. The van der Waals surface area contributed by atoms with E-state index in [-0.39, 0.29) is 6.04 Å². The minimum Gasteiger partial charge on any atom is -0.356 e. The van der Waals surface area contributed by atoms with E-state index < -0.39 is 0 Å². The average Bonchev–Trinajstić information content (AvgIpc) is 2.84. The molecular formula is C19H29N5S. The molecule has 1 unspecified atom stereocenters. The maximum absolute atomic E-state index is 4.49. The van der Waals surface area contributed by atoms with Gasteiger partial charge in [-0.3, -0.25) is 9.67 Å². The summed E-state index contributed by atoms with van der Waals surface area (Å²) in [5.74, 6) is 1.85. The van der Waals surface area contributed by atoms with E-state index in [1.165, 1.54) is 16.2 Å². The Kier molecular flexibility index (Phi) is 7.37. The van der Waals surface area contributed by atoms with Crippen molar-refractivity contribution in [3.05, 3.63) is 47.3 Å². The third-order valence-corrected chi connectivity index (χ3v) is 5.20. The lowest BCUT2D eigenvalue weighted by Gasteiger charge is -2.18. The molecule has 0 aliphatic rings. The van der Waals surface area contributed by atoms with E-state index in [4.69, 9.17) is 0 Å². The lowest BCUT2D eigenvalue weighted by Crippen LogP contribution is -2.43. The summed E-state index contributed by atoms with van der Waals surface area (Å²) in [5.41, 5.74) is 3.65. The molecule has 5 nitrogen and oxygen atoms in total. The summed E-state index contributed by atoms with van der Waals surface area (Å²) < 4.78 is 1.95. The van der Waals surface area contributed by atoms with E-state index in [9.17, 15) is 0 Å². The van der Waals surface area contributed by atoms with Crippen LogP contribution in [0.4, 0.5) is 0 Å². The van der Waals surface area contributed by atoms with Gasteiger partial charge in [0.05, 0.1) is 5.69 Å². The maximum Gasteiger partial charge on any atom is 0.191 e. The topological polar surface area (TPSA) is 54.2 Å². The van der Waals surface area contributed by atoms with E-state index >= 15 is 0 Å². The molecule has 0 radical (unpaired) electrons. The van der Waals surface area contributed by atoms with Gasteiger partial charge >= 0.3 is 0 Å². The van der Waals surface area contributed by atoms with Crippen molar-refractivity contribution in [2.24, 2.45) is 12.0 Å². The van der Waals surface area contributed by atoms with Crippen molar-refractivity contribution in [1.29, 1.82) is 0 Å². The molecule has 0 amide bonds. The number of guanidine groups is 1. The van der Waals surface area contributed by atoms with Crippen LogP contribution in [0, 0.1) is 13.8 Å². The number of aliphatic imine (C=N–C) groups is 1. The molecule has 2 rings (SSSR count). The number of nitrogens with one attached hydrogen (secondary N) is 2. The standard InChI is InChI=1S/C19H29N5S/c1-14(13-18-15(2)23-24(5)16(18)3)22-19(20-4)21-11-12-25-17-9-7-6-8-10-17/h6-10,14H,11-13H2,1-5H3,(H2,20,21,22). The van der Waals surface area contributed by atoms with Gasteiger partial charge in [0.1, 0.15) is 0 Å². The van der Waals surface area contributed by atoms with Crippen LogP contribution in [0.1, 0.15) is 23.9 Å². The Morgan fingerprint density at radius 2 is 2.00 bits per heavy atom. The molecule has 1 aromatic heterocycles. The Bertz CT molecular complexity index is 693. The molecular weight excluding hydrogens is 330 g/mol. The highest BCUT2D eigenvalue weighted by atomic mass is 32.2. The van der Waals surface area contributed by atoms with Crippen molar-refractivity contribution in [2.75, 3.05) is 19.3 Å². The minimum absolute atomic E-state index is 0.287. The number of benzene rings is 1. The van der Waals surface area contributed by atoms with Crippen molar-refractivity contribution in [3.8, 4) is 0 Å². The Morgan fingerprint density at radius 1 is 1.28 bits per heavy atom. The van der Waals surface area contributed by atoms with E-state index in [2.05, 4.69) is 65.8 Å². The molecule has 1 aromatic carbocycles. The van der Waals surface area contributed by atoms with Crippen molar-refractivity contribution in [1.82, 2.24) is 20.4 Å². The van der Waals surface area contributed by atoms with Gasteiger partial charge in [-0.2, -0.15) is 5.10 Å². The zero-order chi connectivity index (χ0) is 18.2. The first kappa shape index (κ1) is 19.4. The van der Waals surface area contributed by atoms with Crippen molar-refractivity contribution >= 4 is 17.7 Å². The number of thioether (sulfide) groups is 1. The third kappa shape index (κ3) is 5.81. The molecule has 0 spiro atoms. The van der Waals surface area contributed by atoms with Gasteiger partial charge in [0.15, 0.2) is 5.96 Å². The first-order chi connectivity index (χ1) is 12.0. The smallest absolute Gasteiger partial charge is 0.191 e. The lowest BCUT2D eigenvalue weighted by molar-refractivity contribution is 0.638. The number of nitrogens with zero attached hydrogens (tertiary/aromatic N) is 3. The second kappa shape index (κ2) is 9.51.